The van der Waals surface area contributed by atoms with Crippen LogP contribution in [-0.4, -0.2) is 40.2 Å². The van der Waals surface area contributed by atoms with Gasteiger partial charge in [-0.2, -0.15) is 5.10 Å². The lowest BCUT2D eigenvalue weighted by atomic mass is 10.1. The van der Waals surface area contributed by atoms with Gasteiger partial charge in [-0.3, -0.25) is 19.3 Å². The van der Waals surface area contributed by atoms with Crippen molar-refractivity contribution in [1.29, 1.82) is 0 Å². The monoisotopic (exact) mass is 437 g/mol. The summed E-state index contributed by atoms with van der Waals surface area (Å²) < 4.78 is 7.19. The lowest BCUT2D eigenvalue weighted by Crippen LogP contribution is -2.35. The molecule has 2 N–H and O–H groups in total. The number of ether oxygens (including phenoxy) is 1. The third kappa shape index (κ3) is 4.66. The summed E-state index contributed by atoms with van der Waals surface area (Å²) in [6.45, 7) is 0.704. The molecule has 3 aromatic rings. The molecule has 9 heteroatoms. The van der Waals surface area contributed by atoms with E-state index in [1.165, 1.54) is 0 Å². The summed E-state index contributed by atoms with van der Waals surface area (Å²) in [5.41, 5.74) is 2.23. The number of methoxy groups -OCH3 is 1. The fourth-order valence-corrected chi connectivity index (χ4v) is 3.80. The van der Waals surface area contributed by atoms with Gasteiger partial charge >= 0.3 is 0 Å². The van der Waals surface area contributed by atoms with Crippen LogP contribution in [0.4, 0.5) is 11.4 Å². The summed E-state index contributed by atoms with van der Waals surface area (Å²) in [6.07, 6.45) is 2.46. The van der Waals surface area contributed by atoms with Gasteiger partial charge < -0.3 is 15.0 Å². The zero-order chi connectivity index (χ0) is 21.8. The van der Waals surface area contributed by atoms with E-state index >= 15 is 0 Å². The summed E-state index contributed by atoms with van der Waals surface area (Å²) >= 11 is 5.32. The number of rotatable bonds is 6. The van der Waals surface area contributed by atoms with Crippen molar-refractivity contribution >= 4 is 35.4 Å². The molecule has 0 spiro atoms. The predicted octanol–water partition coefficient (Wildman–Crippen LogP) is 3.77. The van der Waals surface area contributed by atoms with Gasteiger partial charge in [0.15, 0.2) is 10.6 Å². The van der Waals surface area contributed by atoms with Crippen molar-refractivity contribution in [3.8, 4) is 17.1 Å². The van der Waals surface area contributed by atoms with Crippen LogP contribution in [0.5, 0.6) is 5.75 Å². The molecule has 2 aromatic carbocycles. The van der Waals surface area contributed by atoms with Crippen LogP contribution >= 0.6 is 12.2 Å². The van der Waals surface area contributed by atoms with E-state index in [4.69, 9.17) is 17.0 Å². The van der Waals surface area contributed by atoms with Crippen LogP contribution in [0.1, 0.15) is 19.3 Å². The fraction of sp³-hybridized carbons (Fsp3) is 0.273. The number of carbonyl (C=O) groups is 2. The number of H-pyrrole nitrogens is 1. The highest BCUT2D eigenvalue weighted by atomic mass is 32.1. The maximum Gasteiger partial charge on any atom is 0.244 e. The first-order valence-electron chi connectivity index (χ1n) is 10.0. The number of aromatic nitrogens is 3. The summed E-state index contributed by atoms with van der Waals surface area (Å²) in [5, 5.41) is 9.91. The van der Waals surface area contributed by atoms with Crippen LogP contribution < -0.4 is 15.0 Å². The number of aromatic amines is 1. The highest BCUT2D eigenvalue weighted by molar-refractivity contribution is 7.71. The average Bonchev–Trinajstić information content (AvgIpc) is 3.14. The van der Waals surface area contributed by atoms with Crippen LogP contribution in [0.25, 0.3) is 11.4 Å². The van der Waals surface area contributed by atoms with E-state index < -0.39 is 0 Å². The minimum Gasteiger partial charge on any atom is -0.497 e. The Balaban J connectivity index is 1.50. The number of hydrogen-bond acceptors (Lipinski definition) is 5. The molecule has 0 saturated carbocycles. The smallest absolute Gasteiger partial charge is 0.244 e. The van der Waals surface area contributed by atoms with Gasteiger partial charge in [0.05, 0.1) is 7.11 Å². The Hall–Kier alpha value is -3.46. The van der Waals surface area contributed by atoms with E-state index in [0.29, 0.717) is 29.2 Å². The lowest BCUT2D eigenvalue weighted by Gasteiger charge is -2.27. The highest BCUT2D eigenvalue weighted by Gasteiger charge is 2.20. The SMILES string of the molecule is COc1ccc(-c2n[nH]c(=S)n2CC(=O)Nc2cccc(N3CCCCC3=O)c2)cc1. The van der Waals surface area contributed by atoms with Crippen molar-refractivity contribution < 1.29 is 14.3 Å². The van der Waals surface area contributed by atoms with Crippen LogP contribution in [0.15, 0.2) is 48.5 Å². The second kappa shape index (κ2) is 9.13. The Bertz CT molecular complexity index is 1150. The zero-order valence-electron chi connectivity index (χ0n) is 17.1. The molecule has 0 atom stereocenters. The van der Waals surface area contributed by atoms with Gasteiger partial charge in [-0.25, -0.2) is 0 Å². The number of nitrogens with one attached hydrogen (secondary N) is 2. The normalized spacial score (nSPS) is 13.8. The van der Waals surface area contributed by atoms with Gasteiger partial charge in [-0.05, 0) is 67.5 Å². The lowest BCUT2D eigenvalue weighted by molar-refractivity contribution is -0.119. The van der Waals surface area contributed by atoms with E-state index in [1.807, 2.05) is 42.5 Å². The van der Waals surface area contributed by atoms with Gasteiger partial charge in [0, 0.05) is 29.9 Å². The molecule has 2 heterocycles. The van der Waals surface area contributed by atoms with Crippen molar-refractivity contribution in [2.75, 3.05) is 23.9 Å². The van der Waals surface area contributed by atoms with Crippen LogP contribution in [0.3, 0.4) is 0 Å². The van der Waals surface area contributed by atoms with Crippen molar-refractivity contribution in [2.45, 2.75) is 25.8 Å². The van der Waals surface area contributed by atoms with E-state index in [-0.39, 0.29) is 18.4 Å². The minimum atomic E-state index is -0.241. The predicted molar refractivity (Wildman–Crippen MR) is 121 cm³/mol. The van der Waals surface area contributed by atoms with Crippen molar-refractivity contribution in [2.24, 2.45) is 0 Å². The maximum atomic E-state index is 12.7. The topological polar surface area (TPSA) is 92.2 Å². The summed E-state index contributed by atoms with van der Waals surface area (Å²) in [6, 6.07) is 14.7. The molecule has 0 aliphatic carbocycles. The van der Waals surface area contributed by atoms with Crippen LogP contribution in [-0.2, 0) is 16.1 Å². The highest BCUT2D eigenvalue weighted by Crippen LogP contribution is 2.24. The van der Waals surface area contributed by atoms with Gasteiger partial charge in [-0.15, -0.1) is 0 Å². The van der Waals surface area contributed by atoms with Gasteiger partial charge in [0.25, 0.3) is 0 Å². The van der Waals surface area contributed by atoms with E-state index in [2.05, 4.69) is 15.5 Å². The third-order valence-electron chi connectivity index (χ3n) is 5.17. The molecule has 0 radical (unpaired) electrons. The van der Waals surface area contributed by atoms with Gasteiger partial charge in [0.1, 0.15) is 12.3 Å². The number of amides is 2. The molecule has 1 saturated heterocycles. The molecule has 4 rings (SSSR count). The minimum absolute atomic E-state index is 0.00354. The Labute approximate surface area is 184 Å². The number of hydrogen-bond donors (Lipinski definition) is 2. The number of piperidine rings is 1. The number of nitrogens with zero attached hydrogens (tertiary/aromatic N) is 3. The molecule has 0 bridgehead atoms. The third-order valence-corrected chi connectivity index (χ3v) is 5.48. The first-order valence-corrected chi connectivity index (χ1v) is 10.5. The molecule has 1 fully saturated rings. The summed E-state index contributed by atoms with van der Waals surface area (Å²) in [7, 11) is 1.60. The van der Waals surface area contributed by atoms with Gasteiger partial charge in [0.2, 0.25) is 11.8 Å². The zero-order valence-corrected chi connectivity index (χ0v) is 17.9. The first kappa shape index (κ1) is 20.8. The molecule has 2 amide bonds. The Morgan fingerprint density at radius 1 is 1.23 bits per heavy atom. The number of anilines is 2. The van der Waals surface area contributed by atoms with Crippen LogP contribution in [0.2, 0.25) is 0 Å². The Morgan fingerprint density at radius 2 is 2.03 bits per heavy atom. The van der Waals surface area contributed by atoms with Crippen LogP contribution in [0, 0.1) is 4.77 Å². The first-order chi connectivity index (χ1) is 15.0. The number of carbonyl (C=O) groups excluding carboxylic acids is 2. The quantitative estimate of drug-likeness (QED) is 0.573. The molecular formula is C22H23N5O3S. The van der Waals surface area contributed by atoms with E-state index in [1.54, 1.807) is 22.6 Å². The van der Waals surface area contributed by atoms with E-state index in [9.17, 15) is 9.59 Å². The molecule has 1 aliphatic heterocycles. The molecule has 8 nitrogen and oxygen atoms in total. The van der Waals surface area contributed by atoms with Crippen molar-refractivity contribution in [1.82, 2.24) is 14.8 Å². The molecular weight excluding hydrogens is 414 g/mol. The maximum absolute atomic E-state index is 12.7. The fourth-order valence-electron chi connectivity index (χ4n) is 3.60. The summed E-state index contributed by atoms with van der Waals surface area (Å²) in [4.78, 5) is 26.7. The molecule has 160 valence electrons. The number of benzene rings is 2. The average molecular weight is 438 g/mol. The second-order valence-electron chi connectivity index (χ2n) is 7.27. The molecule has 1 aliphatic rings. The second-order valence-corrected chi connectivity index (χ2v) is 7.65. The summed E-state index contributed by atoms with van der Waals surface area (Å²) in [5.74, 6) is 1.17. The molecule has 31 heavy (non-hydrogen) atoms. The molecule has 1 aromatic heterocycles. The largest absolute Gasteiger partial charge is 0.497 e. The Kier molecular flexibility index (Phi) is 6.13. The van der Waals surface area contributed by atoms with Crippen molar-refractivity contribution in [3.63, 3.8) is 0 Å². The van der Waals surface area contributed by atoms with Gasteiger partial charge in [-0.1, -0.05) is 6.07 Å². The van der Waals surface area contributed by atoms with Crippen molar-refractivity contribution in [3.05, 3.63) is 53.3 Å². The molecule has 0 unspecified atom stereocenters. The Morgan fingerprint density at radius 3 is 2.77 bits per heavy atom. The standard InChI is InChI=1S/C22H23N5O3S/c1-30-18-10-8-15(9-11-18)21-24-25-22(31)27(21)14-19(28)23-16-5-4-6-17(13-16)26-12-3-2-7-20(26)29/h4-6,8-11,13H,2-3,7,12,14H2,1H3,(H,23,28)(H,25,31). The van der Waals surface area contributed by atoms with E-state index in [0.717, 1.165) is 29.8 Å².